The fraction of sp³-hybridized carbons (Fsp3) is 0.625. The number of nitrogens with one attached hydrogen (secondary N) is 1. The van der Waals surface area contributed by atoms with Crippen molar-refractivity contribution in [3.8, 4) is 0 Å². The van der Waals surface area contributed by atoms with Crippen molar-refractivity contribution < 1.29 is 24.6 Å². The summed E-state index contributed by atoms with van der Waals surface area (Å²) >= 11 is 0. The van der Waals surface area contributed by atoms with Crippen molar-refractivity contribution in [2.75, 3.05) is 0 Å². The predicted octanol–water partition coefficient (Wildman–Crippen LogP) is -1.48. The van der Waals surface area contributed by atoms with Gasteiger partial charge in [-0.05, 0) is 6.42 Å². The van der Waals surface area contributed by atoms with Crippen LogP contribution in [0.3, 0.4) is 0 Å². The summed E-state index contributed by atoms with van der Waals surface area (Å²) in [6, 6.07) is -1.29. The van der Waals surface area contributed by atoms with Crippen LogP contribution in [0.5, 0.6) is 0 Å². The van der Waals surface area contributed by atoms with Gasteiger partial charge in [-0.1, -0.05) is 0 Å². The Morgan fingerprint density at radius 2 is 2.13 bits per heavy atom. The van der Waals surface area contributed by atoms with Gasteiger partial charge < -0.3 is 21.3 Å². The lowest BCUT2D eigenvalue weighted by atomic mass is 9.90. The summed E-state index contributed by atoms with van der Waals surface area (Å²) in [7, 11) is 0. The van der Waals surface area contributed by atoms with Crippen LogP contribution in [0.4, 0.5) is 0 Å². The number of hydrogen-bond acceptors (Lipinski definition) is 4. The van der Waals surface area contributed by atoms with Crippen molar-refractivity contribution in [2.24, 2.45) is 5.73 Å². The SMILES string of the molecule is NC(CC1(C(=O)O)CCC(=O)N1)C(=O)O. The van der Waals surface area contributed by atoms with Crippen molar-refractivity contribution in [1.29, 1.82) is 0 Å². The first-order chi connectivity index (χ1) is 6.87. The van der Waals surface area contributed by atoms with Gasteiger partial charge in [0.05, 0.1) is 0 Å². The van der Waals surface area contributed by atoms with Gasteiger partial charge in [0.25, 0.3) is 0 Å². The molecule has 1 fully saturated rings. The third-order valence-corrected chi connectivity index (χ3v) is 2.45. The smallest absolute Gasteiger partial charge is 0.329 e. The maximum Gasteiger partial charge on any atom is 0.329 e. The Bertz CT molecular complexity index is 316. The molecule has 0 spiro atoms. The lowest BCUT2D eigenvalue weighted by molar-refractivity contribution is -0.147. The first kappa shape index (κ1) is 11.4. The Hall–Kier alpha value is -1.63. The summed E-state index contributed by atoms with van der Waals surface area (Å²) in [5.74, 6) is -2.92. The second kappa shape index (κ2) is 3.85. The van der Waals surface area contributed by atoms with E-state index in [1.807, 2.05) is 0 Å². The summed E-state index contributed by atoms with van der Waals surface area (Å²) in [6.07, 6.45) is -0.149. The summed E-state index contributed by atoms with van der Waals surface area (Å²) in [5, 5.41) is 19.8. The molecule has 0 aliphatic carbocycles. The molecule has 0 bridgehead atoms. The predicted molar refractivity (Wildman–Crippen MR) is 48.0 cm³/mol. The highest BCUT2D eigenvalue weighted by Crippen LogP contribution is 2.25. The zero-order valence-corrected chi connectivity index (χ0v) is 7.90. The number of nitrogens with two attached hydrogens (primary N) is 1. The Morgan fingerprint density at radius 1 is 1.53 bits per heavy atom. The van der Waals surface area contributed by atoms with Gasteiger partial charge in [0, 0.05) is 12.8 Å². The lowest BCUT2D eigenvalue weighted by Crippen LogP contribution is -2.53. The standard InChI is InChI=1S/C8H12N2O5/c9-4(6(12)13)3-8(7(14)15)2-1-5(11)10-8/h4H,1-3,9H2,(H,10,11)(H,12,13)(H,14,15). The number of carbonyl (C=O) groups excluding carboxylic acids is 1. The Kier molecular flexibility index (Phi) is 2.94. The molecule has 84 valence electrons. The molecule has 7 heteroatoms. The van der Waals surface area contributed by atoms with Gasteiger partial charge in [-0.2, -0.15) is 0 Å². The number of amides is 1. The van der Waals surface area contributed by atoms with E-state index < -0.39 is 29.4 Å². The molecule has 0 saturated carbocycles. The molecule has 1 heterocycles. The normalized spacial score (nSPS) is 27.1. The fourth-order valence-electron chi connectivity index (χ4n) is 1.58. The second-order valence-corrected chi connectivity index (χ2v) is 3.58. The zero-order chi connectivity index (χ0) is 11.6. The molecular weight excluding hydrogens is 204 g/mol. The molecule has 0 aromatic heterocycles. The quantitative estimate of drug-likeness (QED) is 0.453. The molecule has 1 rings (SSSR count). The summed E-state index contributed by atoms with van der Waals surface area (Å²) in [5.41, 5.74) is 3.73. The van der Waals surface area contributed by atoms with Crippen molar-refractivity contribution >= 4 is 17.8 Å². The van der Waals surface area contributed by atoms with E-state index >= 15 is 0 Å². The molecular formula is C8H12N2O5. The molecule has 2 unspecified atom stereocenters. The maximum absolute atomic E-state index is 11.0. The molecule has 1 amide bonds. The largest absolute Gasteiger partial charge is 0.480 e. The minimum atomic E-state index is -1.52. The number of carboxylic acid groups (broad SMARTS) is 2. The minimum absolute atomic E-state index is 0.0716. The van der Waals surface area contributed by atoms with E-state index in [-0.39, 0.29) is 19.3 Å². The molecule has 15 heavy (non-hydrogen) atoms. The third-order valence-electron chi connectivity index (χ3n) is 2.45. The van der Waals surface area contributed by atoms with Crippen molar-refractivity contribution in [3.05, 3.63) is 0 Å². The first-order valence-electron chi connectivity index (χ1n) is 4.40. The molecule has 5 N–H and O–H groups in total. The topological polar surface area (TPSA) is 130 Å². The van der Waals surface area contributed by atoms with E-state index in [4.69, 9.17) is 15.9 Å². The highest BCUT2D eigenvalue weighted by atomic mass is 16.4. The molecule has 1 aliphatic rings. The van der Waals surface area contributed by atoms with Crippen LogP contribution >= 0.6 is 0 Å². The van der Waals surface area contributed by atoms with Gasteiger partial charge in [0.15, 0.2) is 0 Å². The highest BCUT2D eigenvalue weighted by molar-refractivity contribution is 5.91. The van der Waals surface area contributed by atoms with Gasteiger partial charge in [-0.25, -0.2) is 4.79 Å². The molecule has 1 saturated heterocycles. The van der Waals surface area contributed by atoms with Gasteiger partial charge in [-0.3, -0.25) is 9.59 Å². The summed E-state index contributed by atoms with van der Waals surface area (Å²) < 4.78 is 0. The molecule has 0 aromatic carbocycles. The molecule has 7 nitrogen and oxygen atoms in total. The maximum atomic E-state index is 11.0. The van der Waals surface area contributed by atoms with Crippen LogP contribution in [-0.2, 0) is 14.4 Å². The van der Waals surface area contributed by atoms with Gasteiger partial charge in [0.2, 0.25) is 5.91 Å². The molecule has 1 aliphatic heterocycles. The third kappa shape index (κ3) is 2.24. The average molecular weight is 216 g/mol. The van der Waals surface area contributed by atoms with Crippen LogP contribution in [0, 0.1) is 0 Å². The van der Waals surface area contributed by atoms with Crippen molar-refractivity contribution in [1.82, 2.24) is 5.32 Å². The van der Waals surface area contributed by atoms with Crippen molar-refractivity contribution in [3.63, 3.8) is 0 Å². The highest BCUT2D eigenvalue weighted by Gasteiger charge is 2.46. The summed E-state index contributed by atoms with van der Waals surface area (Å²) in [4.78, 5) is 32.4. The Balaban J connectivity index is 2.80. The van der Waals surface area contributed by atoms with E-state index in [1.165, 1.54) is 0 Å². The van der Waals surface area contributed by atoms with Gasteiger partial charge >= 0.3 is 11.9 Å². The van der Waals surface area contributed by atoms with Crippen molar-refractivity contribution in [2.45, 2.75) is 30.8 Å². The fourth-order valence-corrected chi connectivity index (χ4v) is 1.58. The van der Waals surface area contributed by atoms with Crippen LogP contribution in [0.25, 0.3) is 0 Å². The van der Waals surface area contributed by atoms with Crippen LogP contribution in [0.15, 0.2) is 0 Å². The van der Waals surface area contributed by atoms with Gasteiger partial charge in [0.1, 0.15) is 11.6 Å². The van der Waals surface area contributed by atoms with Crippen LogP contribution in [0.2, 0.25) is 0 Å². The second-order valence-electron chi connectivity index (χ2n) is 3.58. The average Bonchev–Trinajstić information content (AvgIpc) is 2.48. The van der Waals surface area contributed by atoms with E-state index in [9.17, 15) is 14.4 Å². The Morgan fingerprint density at radius 3 is 2.47 bits per heavy atom. The lowest BCUT2D eigenvalue weighted by Gasteiger charge is -2.25. The monoisotopic (exact) mass is 216 g/mol. The van der Waals surface area contributed by atoms with Crippen LogP contribution in [0.1, 0.15) is 19.3 Å². The number of rotatable bonds is 4. The summed E-state index contributed by atoms with van der Waals surface area (Å²) in [6.45, 7) is 0. The van der Waals surface area contributed by atoms with E-state index in [0.29, 0.717) is 0 Å². The van der Waals surface area contributed by atoms with Crippen LogP contribution < -0.4 is 11.1 Å². The number of carboxylic acids is 2. The van der Waals surface area contributed by atoms with E-state index in [0.717, 1.165) is 0 Å². The minimum Gasteiger partial charge on any atom is -0.480 e. The molecule has 2 atom stereocenters. The van der Waals surface area contributed by atoms with E-state index in [2.05, 4.69) is 5.32 Å². The van der Waals surface area contributed by atoms with Gasteiger partial charge in [-0.15, -0.1) is 0 Å². The number of carbonyl (C=O) groups is 3. The molecule has 0 aromatic rings. The number of aliphatic carboxylic acids is 2. The van der Waals surface area contributed by atoms with E-state index in [1.54, 1.807) is 0 Å². The number of hydrogen-bond donors (Lipinski definition) is 4. The Labute approximate surface area is 85.3 Å². The first-order valence-corrected chi connectivity index (χ1v) is 4.40. The zero-order valence-electron chi connectivity index (χ0n) is 7.90. The molecule has 0 radical (unpaired) electrons. The van der Waals surface area contributed by atoms with Crippen LogP contribution in [-0.4, -0.2) is 39.6 Å².